The Labute approximate surface area is 141 Å². The molecule has 1 aromatic carbocycles. The molecule has 5 nitrogen and oxygen atoms in total. The number of halogens is 1. The molecule has 0 aliphatic heterocycles. The Hall–Kier alpha value is -1.59. The second kappa shape index (κ2) is 7.32. The molecular formula is C17H23ClN2O3. The lowest BCUT2D eigenvalue weighted by Crippen LogP contribution is -2.53. The first-order valence-electron chi connectivity index (χ1n) is 7.82. The van der Waals surface area contributed by atoms with Gasteiger partial charge in [0.2, 0.25) is 11.8 Å². The van der Waals surface area contributed by atoms with Gasteiger partial charge in [-0.1, -0.05) is 23.7 Å². The molecule has 1 aliphatic carbocycles. The lowest BCUT2D eigenvalue weighted by molar-refractivity contribution is -0.140. The summed E-state index contributed by atoms with van der Waals surface area (Å²) >= 11 is 6.00. The Morgan fingerprint density at radius 2 is 2.00 bits per heavy atom. The molecule has 126 valence electrons. The first-order chi connectivity index (χ1) is 10.8. The highest BCUT2D eigenvalue weighted by atomic mass is 35.5. The molecule has 23 heavy (non-hydrogen) atoms. The molecule has 3 atom stereocenters. The van der Waals surface area contributed by atoms with E-state index in [-0.39, 0.29) is 23.8 Å². The van der Waals surface area contributed by atoms with Crippen molar-refractivity contribution in [3.05, 3.63) is 34.9 Å². The Bertz CT molecular complexity index is 587. The van der Waals surface area contributed by atoms with Crippen molar-refractivity contribution in [2.75, 3.05) is 7.05 Å². The predicted molar refractivity (Wildman–Crippen MR) is 89.0 cm³/mol. The molecule has 1 fully saturated rings. The van der Waals surface area contributed by atoms with Crippen molar-refractivity contribution in [3.63, 3.8) is 0 Å². The predicted octanol–water partition coefficient (Wildman–Crippen LogP) is 2.13. The third-order valence-electron chi connectivity index (χ3n) is 4.25. The molecule has 0 saturated heterocycles. The van der Waals surface area contributed by atoms with E-state index in [0.29, 0.717) is 5.02 Å². The van der Waals surface area contributed by atoms with Gasteiger partial charge in [-0.05, 0) is 44.4 Å². The number of aliphatic hydroxyl groups is 1. The number of rotatable bonds is 6. The van der Waals surface area contributed by atoms with Gasteiger partial charge in [-0.2, -0.15) is 0 Å². The van der Waals surface area contributed by atoms with Gasteiger partial charge in [0.25, 0.3) is 0 Å². The zero-order valence-electron chi connectivity index (χ0n) is 13.6. The molecule has 2 amide bonds. The lowest BCUT2D eigenvalue weighted by Gasteiger charge is -2.31. The summed E-state index contributed by atoms with van der Waals surface area (Å²) < 4.78 is 0. The Morgan fingerprint density at radius 3 is 2.52 bits per heavy atom. The minimum atomic E-state index is -0.959. The van der Waals surface area contributed by atoms with Crippen LogP contribution in [0.3, 0.4) is 0 Å². The topological polar surface area (TPSA) is 69.6 Å². The summed E-state index contributed by atoms with van der Waals surface area (Å²) in [5.74, 6) is -0.491. The first-order valence-corrected chi connectivity index (χ1v) is 8.19. The van der Waals surface area contributed by atoms with Crippen molar-refractivity contribution in [2.45, 2.75) is 44.9 Å². The lowest BCUT2D eigenvalue weighted by atomic mass is 10.0. The Kier molecular flexibility index (Phi) is 5.65. The number of amides is 2. The van der Waals surface area contributed by atoms with Crippen LogP contribution in [-0.4, -0.2) is 41.0 Å². The Balaban J connectivity index is 2.09. The fourth-order valence-electron chi connectivity index (χ4n) is 2.41. The molecule has 6 heteroatoms. The zero-order valence-corrected chi connectivity index (χ0v) is 14.4. The van der Waals surface area contributed by atoms with E-state index >= 15 is 0 Å². The largest absolute Gasteiger partial charge is 0.391 e. The Morgan fingerprint density at radius 1 is 1.35 bits per heavy atom. The molecule has 3 unspecified atom stereocenters. The number of nitrogens with zero attached hydrogens (tertiary/aromatic N) is 1. The van der Waals surface area contributed by atoms with Gasteiger partial charge < -0.3 is 15.3 Å². The van der Waals surface area contributed by atoms with Crippen LogP contribution in [0.5, 0.6) is 0 Å². The van der Waals surface area contributed by atoms with Gasteiger partial charge in [-0.3, -0.25) is 9.59 Å². The van der Waals surface area contributed by atoms with Crippen LogP contribution in [0.15, 0.2) is 24.3 Å². The smallest absolute Gasteiger partial charge is 0.248 e. The standard InChI is InChI=1S/C17H23ClN2O3/c1-10(13-5-4-6-14(18)9-13)20(3)17(23)15(11(2)21)19-16(22)12-7-8-12/h4-6,9-12,15,21H,7-8H2,1-3H3,(H,19,22). The van der Waals surface area contributed by atoms with Crippen LogP contribution < -0.4 is 5.32 Å². The van der Waals surface area contributed by atoms with E-state index in [1.807, 2.05) is 19.1 Å². The number of carbonyl (C=O) groups excluding carboxylic acids is 2. The minimum absolute atomic E-state index is 0.0142. The van der Waals surface area contributed by atoms with Gasteiger partial charge in [0.05, 0.1) is 12.1 Å². The molecule has 0 spiro atoms. The van der Waals surface area contributed by atoms with Crippen molar-refractivity contribution in [1.82, 2.24) is 10.2 Å². The molecule has 0 aromatic heterocycles. The fraction of sp³-hybridized carbons (Fsp3) is 0.529. The van der Waals surface area contributed by atoms with E-state index in [4.69, 9.17) is 11.6 Å². The van der Waals surface area contributed by atoms with Crippen LogP contribution >= 0.6 is 11.6 Å². The number of aliphatic hydroxyl groups excluding tert-OH is 1. The van der Waals surface area contributed by atoms with E-state index in [1.165, 1.54) is 11.8 Å². The third kappa shape index (κ3) is 4.45. The number of benzene rings is 1. The van der Waals surface area contributed by atoms with Crippen LogP contribution in [0.25, 0.3) is 0 Å². The van der Waals surface area contributed by atoms with Crippen molar-refractivity contribution >= 4 is 23.4 Å². The maximum Gasteiger partial charge on any atom is 0.248 e. The number of hydrogen-bond acceptors (Lipinski definition) is 3. The van der Waals surface area contributed by atoms with Gasteiger partial charge >= 0.3 is 0 Å². The number of hydrogen-bond donors (Lipinski definition) is 2. The van der Waals surface area contributed by atoms with Gasteiger partial charge in [-0.15, -0.1) is 0 Å². The second-order valence-electron chi connectivity index (χ2n) is 6.18. The summed E-state index contributed by atoms with van der Waals surface area (Å²) in [6.07, 6.45) is 0.738. The molecule has 1 aromatic rings. The third-order valence-corrected chi connectivity index (χ3v) is 4.49. The molecule has 0 heterocycles. The average Bonchev–Trinajstić information content (AvgIpc) is 3.34. The quantitative estimate of drug-likeness (QED) is 0.835. The van der Waals surface area contributed by atoms with Crippen molar-refractivity contribution < 1.29 is 14.7 Å². The molecular weight excluding hydrogens is 316 g/mol. The highest BCUT2D eigenvalue weighted by molar-refractivity contribution is 6.30. The highest BCUT2D eigenvalue weighted by Gasteiger charge is 2.36. The van der Waals surface area contributed by atoms with Gasteiger partial charge in [0.15, 0.2) is 0 Å². The first kappa shape index (κ1) is 17.8. The van der Waals surface area contributed by atoms with Crippen LogP contribution in [0.1, 0.15) is 38.3 Å². The van der Waals surface area contributed by atoms with E-state index in [1.54, 1.807) is 19.2 Å². The van der Waals surface area contributed by atoms with Gasteiger partial charge in [-0.25, -0.2) is 0 Å². The van der Waals surface area contributed by atoms with E-state index < -0.39 is 12.1 Å². The summed E-state index contributed by atoms with van der Waals surface area (Å²) in [4.78, 5) is 26.1. The molecule has 1 saturated carbocycles. The minimum Gasteiger partial charge on any atom is -0.391 e. The number of likely N-dealkylation sites (N-methyl/N-ethyl adjacent to an activating group) is 1. The summed E-state index contributed by atoms with van der Waals surface area (Å²) in [6, 6.07) is 6.13. The van der Waals surface area contributed by atoms with Gasteiger partial charge in [0, 0.05) is 18.0 Å². The second-order valence-corrected chi connectivity index (χ2v) is 6.62. The van der Waals surface area contributed by atoms with E-state index in [2.05, 4.69) is 5.32 Å². The normalized spacial score (nSPS) is 18.0. The maximum absolute atomic E-state index is 12.7. The van der Waals surface area contributed by atoms with Crippen LogP contribution in [0, 0.1) is 5.92 Å². The van der Waals surface area contributed by atoms with Crippen LogP contribution in [0.2, 0.25) is 5.02 Å². The monoisotopic (exact) mass is 338 g/mol. The molecule has 0 radical (unpaired) electrons. The SMILES string of the molecule is CC(O)C(NC(=O)C1CC1)C(=O)N(C)C(C)c1cccc(Cl)c1. The van der Waals surface area contributed by atoms with Crippen molar-refractivity contribution in [2.24, 2.45) is 5.92 Å². The average molecular weight is 339 g/mol. The maximum atomic E-state index is 12.7. The summed E-state index contributed by atoms with van der Waals surface area (Å²) in [7, 11) is 1.66. The van der Waals surface area contributed by atoms with Gasteiger partial charge in [0.1, 0.15) is 6.04 Å². The fourth-order valence-corrected chi connectivity index (χ4v) is 2.60. The molecule has 2 rings (SSSR count). The molecule has 2 N–H and O–H groups in total. The molecule has 0 bridgehead atoms. The van der Waals surface area contributed by atoms with Crippen LogP contribution in [-0.2, 0) is 9.59 Å². The van der Waals surface area contributed by atoms with Crippen molar-refractivity contribution in [1.29, 1.82) is 0 Å². The van der Waals surface area contributed by atoms with E-state index in [9.17, 15) is 14.7 Å². The molecule has 1 aliphatic rings. The highest BCUT2D eigenvalue weighted by Crippen LogP contribution is 2.29. The summed E-state index contributed by atoms with van der Waals surface area (Å²) in [5.41, 5.74) is 0.895. The summed E-state index contributed by atoms with van der Waals surface area (Å²) in [5, 5.41) is 13.2. The number of nitrogens with one attached hydrogen (secondary N) is 1. The zero-order chi connectivity index (χ0) is 17.1. The number of carbonyl (C=O) groups is 2. The van der Waals surface area contributed by atoms with Crippen LogP contribution in [0.4, 0.5) is 0 Å². The summed E-state index contributed by atoms with van der Waals surface area (Å²) in [6.45, 7) is 3.39. The van der Waals surface area contributed by atoms with E-state index in [0.717, 1.165) is 18.4 Å². The van der Waals surface area contributed by atoms with Crippen molar-refractivity contribution in [3.8, 4) is 0 Å².